The molecule has 180 valence electrons. The first kappa shape index (κ1) is 25.3. The Morgan fingerprint density at radius 1 is 1.15 bits per heavy atom. The maximum absolute atomic E-state index is 13.1. The predicted octanol–water partition coefficient (Wildman–Crippen LogP) is 2.90. The van der Waals surface area contributed by atoms with Crippen molar-refractivity contribution in [3.63, 3.8) is 0 Å². The molecule has 2 N–H and O–H groups in total. The number of nitrogens with zero attached hydrogens (tertiary/aromatic N) is 3. The Bertz CT molecular complexity index is 1260. The monoisotopic (exact) mass is 497 g/mol. The lowest BCUT2D eigenvalue weighted by Gasteiger charge is -2.28. The summed E-state index contributed by atoms with van der Waals surface area (Å²) in [6, 6.07) is 8.86. The number of rotatable bonds is 7. The maximum atomic E-state index is 13.1. The van der Waals surface area contributed by atoms with E-state index in [0.717, 1.165) is 16.4 Å². The molecule has 9 nitrogen and oxygen atoms in total. The second-order valence-electron chi connectivity index (χ2n) is 7.39. The van der Waals surface area contributed by atoms with E-state index >= 15 is 0 Å². The van der Waals surface area contributed by atoms with Crippen molar-refractivity contribution in [3.05, 3.63) is 65.3 Å². The van der Waals surface area contributed by atoms with Gasteiger partial charge in [-0.05, 0) is 12.1 Å². The predicted molar refractivity (Wildman–Crippen MR) is 112 cm³/mol. The summed E-state index contributed by atoms with van der Waals surface area (Å²) in [4.78, 5) is 6.00. The first-order valence-electron chi connectivity index (χ1n) is 9.61. The van der Waals surface area contributed by atoms with Gasteiger partial charge in [0, 0.05) is 6.54 Å². The summed E-state index contributed by atoms with van der Waals surface area (Å²) in [7, 11) is -4.29. The van der Waals surface area contributed by atoms with Gasteiger partial charge < -0.3 is 19.7 Å². The van der Waals surface area contributed by atoms with Gasteiger partial charge in [0.15, 0.2) is 23.8 Å². The van der Waals surface area contributed by atoms with Crippen molar-refractivity contribution in [1.29, 1.82) is 0 Å². The summed E-state index contributed by atoms with van der Waals surface area (Å²) in [6.07, 6.45) is -6.08. The molecule has 2 aromatic carbocycles. The Morgan fingerprint density at radius 2 is 1.85 bits per heavy atom. The second kappa shape index (κ2) is 9.48. The molecule has 0 saturated carbocycles. The van der Waals surface area contributed by atoms with Gasteiger partial charge in [0.2, 0.25) is 15.7 Å². The molecule has 0 radical (unpaired) electrons. The molecule has 1 heterocycles. The lowest BCUT2D eigenvalue weighted by atomic mass is 10.0. The van der Waals surface area contributed by atoms with Crippen LogP contribution in [-0.2, 0) is 10.0 Å². The molecule has 0 amide bonds. The number of aliphatic hydroxyl groups is 2. The van der Waals surface area contributed by atoms with Crippen molar-refractivity contribution in [2.24, 2.45) is 0 Å². The molecule has 0 spiro atoms. The quantitative estimate of drug-likeness (QED) is 0.570. The summed E-state index contributed by atoms with van der Waals surface area (Å²) in [5, 5.41) is 20.6. The number of β-amino-alcohol motifs (C(OH)–C–C–N with tert-alkyl or cyclic N) is 1. The van der Waals surface area contributed by atoms with Crippen molar-refractivity contribution < 1.29 is 41.3 Å². The van der Waals surface area contributed by atoms with E-state index < -0.39 is 60.0 Å². The van der Waals surface area contributed by atoms with Gasteiger partial charge in [0.25, 0.3) is 0 Å². The van der Waals surface area contributed by atoms with Crippen molar-refractivity contribution in [1.82, 2.24) is 4.31 Å². The van der Waals surface area contributed by atoms with E-state index in [2.05, 4.69) is 9.69 Å². The van der Waals surface area contributed by atoms with Gasteiger partial charge >= 0.3 is 6.18 Å². The molecule has 13 heteroatoms. The van der Waals surface area contributed by atoms with Crippen LogP contribution in [0.4, 0.5) is 24.5 Å². The molecule has 2 atom stereocenters. The SMILES string of the molecule is [C-]#[N+]c1ccc(O[C@H]2CN(S(=O)(=O)c3ccccc3[N+]#[C-])C[C@@]2(O)CO)c(OCC(F)(F)F)c1. The highest BCUT2D eigenvalue weighted by Crippen LogP contribution is 2.38. The second-order valence-corrected chi connectivity index (χ2v) is 9.30. The molecule has 34 heavy (non-hydrogen) atoms. The number of aliphatic hydroxyl groups excluding tert-OH is 1. The average molecular weight is 497 g/mol. The molecule has 3 rings (SSSR count). The highest BCUT2D eigenvalue weighted by atomic mass is 32.2. The largest absolute Gasteiger partial charge is 0.482 e. The van der Waals surface area contributed by atoms with Crippen molar-refractivity contribution in [2.45, 2.75) is 22.8 Å². The maximum Gasteiger partial charge on any atom is 0.422 e. The van der Waals surface area contributed by atoms with Crippen LogP contribution < -0.4 is 9.47 Å². The van der Waals surface area contributed by atoms with Crippen LogP contribution in [0.5, 0.6) is 11.5 Å². The van der Waals surface area contributed by atoms with E-state index in [4.69, 9.17) is 22.6 Å². The van der Waals surface area contributed by atoms with E-state index in [1.807, 2.05) is 0 Å². The van der Waals surface area contributed by atoms with Gasteiger partial charge in [0.05, 0.1) is 31.2 Å². The topological polar surface area (TPSA) is 105 Å². The van der Waals surface area contributed by atoms with Crippen LogP contribution in [0.1, 0.15) is 0 Å². The molecule has 1 aliphatic heterocycles. The van der Waals surface area contributed by atoms with Crippen LogP contribution in [0.2, 0.25) is 0 Å². The van der Waals surface area contributed by atoms with E-state index in [1.54, 1.807) is 0 Å². The summed E-state index contributed by atoms with van der Waals surface area (Å²) >= 11 is 0. The molecule has 1 saturated heterocycles. The van der Waals surface area contributed by atoms with Crippen LogP contribution >= 0.6 is 0 Å². The number of para-hydroxylation sites is 1. The van der Waals surface area contributed by atoms with Gasteiger partial charge in [-0.1, -0.05) is 30.3 Å². The zero-order chi connectivity index (χ0) is 25.1. The van der Waals surface area contributed by atoms with E-state index in [1.165, 1.54) is 30.3 Å². The third kappa shape index (κ3) is 5.24. The minimum absolute atomic E-state index is 0.0340. The fraction of sp³-hybridized carbons (Fsp3) is 0.333. The molecule has 2 aromatic rings. The number of halogens is 3. The summed E-state index contributed by atoms with van der Waals surface area (Å²) in [5.74, 6) is -0.722. The van der Waals surface area contributed by atoms with Crippen molar-refractivity contribution in [2.75, 3.05) is 26.3 Å². The number of ether oxygens (including phenoxy) is 2. The molecule has 0 unspecified atom stereocenters. The van der Waals surface area contributed by atoms with Gasteiger partial charge in [-0.3, -0.25) is 0 Å². The van der Waals surface area contributed by atoms with Crippen LogP contribution in [0.15, 0.2) is 47.4 Å². The van der Waals surface area contributed by atoms with Crippen molar-refractivity contribution >= 4 is 21.4 Å². The molecule has 0 aliphatic carbocycles. The summed E-state index contributed by atoms with van der Waals surface area (Å²) < 4.78 is 75.4. The minimum Gasteiger partial charge on any atom is -0.482 e. The molecule has 0 bridgehead atoms. The fourth-order valence-electron chi connectivity index (χ4n) is 3.30. The summed E-state index contributed by atoms with van der Waals surface area (Å²) in [6.45, 7) is 10.6. The van der Waals surface area contributed by atoms with E-state index in [9.17, 15) is 31.8 Å². The van der Waals surface area contributed by atoms with Gasteiger partial charge in [-0.25, -0.2) is 18.1 Å². The van der Waals surface area contributed by atoms with Crippen LogP contribution in [0, 0.1) is 13.1 Å². The van der Waals surface area contributed by atoms with Gasteiger partial charge in [-0.2, -0.15) is 17.5 Å². The normalized spacial score (nSPS) is 21.0. The van der Waals surface area contributed by atoms with Gasteiger partial charge in [-0.15, -0.1) is 0 Å². The molecular weight excluding hydrogens is 479 g/mol. The Hall–Kier alpha value is -3.36. The highest BCUT2D eigenvalue weighted by Gasteiger charge is 2.51. The number of hydrogen-bond donors (Lipinski definition) is 2. The third-order valence-electron chi connectivity index (χ3n) is 5.01. The van der Waals surface area contributed by atoms with Crippen LogP contribution in [0.25, 0.3) is 9.69 Å². The highest BCUT2D eigenvalue weighted by molar-refractivity contribution is 7.89. The average Bonchev–Trinajstić information content (AvgIpc) is 3.15. The third-order valence-corrected chi connectivity index (χ3v) is 6.87. The number of alkyl halides is 3. The first-order valence-corrected chi connectivity index (χ1v) is 11.0. The standard InChI is InChI=1S/C21H18F3N3O6S/c1-25-14-7-8-16(17(9-14)32-13-21(22,23)24)33-19-10-27(11-20(19,29)12-28)34(30,31)18-6-4-3-5-15(18)26-2/h3-9,19,28-29H,10-13H2/t19-,20+/m0/s1. The van der Waals surface area contributed by atoms with E-state index in [-0.39, 0.29) is 22.0 Å². The molecule has 1 fully saturated rings. The van der Waals surface area contributed by atoms with Crippen LogP contribution in [0.3, 0.4) is 0 Å². The van der Waals surface area contributed by atoms with Gasteiger partial charge in [0.1, 0.15) is 11.7 Å². The molecule has 0 aromatic heterocycles. The Labute approximate surface area is 193 Å². The lowest BCUT2D eigenvalue weighted by molar-refractivity contribution is -0.153. The van der Waals surface area contributed by atoms with Crippen LogP contribution in [-0.4, -0.2) is 67.1 Å². The summed E-state index contributed by atoms with van der Waals surface area (Å²) in [5.41, 5.74) is -2.29. The Morgan fingerprint density at radius 3 is 2.47 bits per heavy atom. The van der Waals surface area contributed by atoms with Crippen molar-refractivity contribution in [3.8, 4) is 11.5 Å². The number of benzene rings is 2. The zero-order valence-electron chi connectivity index (χ0n) is 17.4. The minimum atomic E-state index is -4.67. The van der Waals surface area contributed by atoms with E-state index in [0.29, 0.717) is 0 Å². The zero-order valence-corrected chi connectivity index (χ0v) is 18.2. The molecule has 1 aliphatic rings. The fourth-order valence-corrected chi connectivity index (χ4v) is 4.94. The lowest BCUT2D eigenvalue weighted by Crippen LogP contribution is -2.48. The molecular formula is C21H18F3N3O6S. The number of hydrogen-bond acceptors (Lipinski definition) is 6. The Balaban J connectivity index is 1.92. The smallest absolute Gasteiger partial charge is 0.422 e. The Kier molecular flexibility index (Phi) is 7.05. The number of sulfonamides is 1. The first-order chi connectivity index (χ1) is 15.9.